The smallest absolute Gasteiger partial charge is 0.337 e. The fraction of sp³-hybridized carbons (Fsp3) is 0.0588. The topological polar surface area (TPSA) is 68.5 Å². The molecule has 2 heterocycles. The van der Waals surface area contributed by atoms with Gasteiger partial charge in [0.25, 0.3) is 5.91 Å². The predicted molar refractivity (Wildman–Crippen MR) is 80.6 cm³/mol. The summed E-state index contributed by atoms with van der Waals surface area (Å²) in [6.45, 7) is 0. The minimum atomic E-state index is -0.394. The minimum absolute atomic E-state index is 0.191. The second-order valence-electron chi connectivity index (χ2n) is 4.70. The van der Waals surface area contributed by atoms with E-state index in [1.807, 2.05) is 0 Å². The van der Waals surface area contributed by atoms with E-state index in [9.17, 15) is 9.59 Å². The second kappa shape index (κ2) is 5.73. The van der Waals surface area contributed by atoms with Gasteiger partial charge in [0.05, 0.1) is 18.9 Å². The van der Waals surface area contributed by atoms with Gasteiger partial charge in [0.15, 0.2) is 0 Å². The number of ether oxygens (including phenoxy) is 1. The van der Waals surface area contributed by atoms with E-state index in [0.717, 1.165) is 5.56 Å². The van der Waals surface area contributed by atoms with Crippen LogP contribution in [0.25, 0.3) is 11.8 Å². The monoisotopic (exact) mass is 295 g/mol. The summed E-state index contributed by atoms with van der Waals surface area (Å²) in [4.78, 5) is 23.4. The third-order valence-corrected chi connectivity index (χ3v) is 3.27. The molecule has 5 heteroatoms. The fourth-order valence-corrected chi connectivity index (χ4v) is 2.14. The highest BCUT2D eigenvalue weighted by Crippen LogP contribution is 2.22. The standard InChI is InChI=1S/C17H13NO4/c1-21-17(20)12-6-4-11(5-7-12)15-10-13(16(19)18-15)9-14-3-2-8-22-14/h2-10H,1H3,(H,18,19). The molecule has 1 aliphatic rings. The number of hydrogen-bond acceptors (Lipinski definition) is 4. The molecule has 1 aromatic carbocycles. The number of nitrogens with one attached hydrogen (secondary N) is 1. The molecule has 0 saturated heterocycles. The summed E-state index contributed by atoms with van der Waals surface area (Å²) in [7, 11) is 1.33. The number of rotatable bonds is 3. The van der Waals surface area contributed by atoms with Gasteiger partial charge in [-0.2, -0.15) is 0 Å². The molecular weight excluding hydrogens is 282 g/mol. The van der Waals surface area contributed by atoms with Crippen LogP contribution in [0.5, 0.6) is 0 Å². The van der Waals surface area contributed by atoms with Crippen LogP contribution in [0, 0.1) is 0 Å². The lowest BCUT2D eigenvalue weighted by Crippen LogP contribution is -2.15. The summed E-state index contributed by atoms with van der Waals surface area (Å²) >= 11 is 0. The van der Waals surface area contributed by atoms with Crippen LogP contribution in [0.4, 0.5) is 0 Å². The first-order valence-electron chi connectivity index (χ1n) is 6.64. The molecule has 0 unspecified atom stereocenters. The predicted octanol–water partition coefficient (Wildman–Crippen LogP) is 2.62. The summed E-state index contributed by atoms with van der Waals surface area (Å²) in [5.74, 6) is 0.0292. The van der Waals surface area contributed by atoms with E-state index in [2.05, 4.69) is 10.1 Å². The van der Waals surface area contributed by atoms with Crippen LogP contribution in [0.2, 0.25) is 0 Å². The highest BCUT2D eigenvalue weighted by Gasteiger charge is 2.19. The molecule has 5 nitrogen and oxygen atoms in total. The highest BCUT2D eigenvalue weighted by atomic mass is 16.5. The van der Waals surface area contributed by atoms with Gasteiger partial charge in [-0.05, 0) is 42.0 Å². The van der Waals surface area contributed by atoms with Crippen LogP contribution in [-0.4, -0.2) is 19.0 Å². The first-order valence-corrected chi connectivity index (χ1v) is 6.64. The number of carbonyl (C=O) groups excluding carboxylic acids is 2. The molecular formula is C17H13NO4. The molecule has 0 radical (unpaired) electrons. The zero-order valence-electron chi connectivity index (χ0n) is 11.8. The molecule has 0 bridgehead atoms. The van der Waals surface area contributed by atoms with Crippen molar-refractivity contribution in [3.05, 3.63) is 71.2 Å². The molecule has 1 amide bonds. The Labute approximate surface area is 126 Å². The van der Waals surface area contributed by atoms with Crippen LogP contribution in [0.3, 0.4) is 0 Å². The van der Waals surface area contributed by atoms with E-state index in [1.165, 1.54) is 7.11 Å². The molecule has 3 rings (SSSR count). The molecule has 22 heavy (non-hydrogen) atoms. The quantitative estimate of drug-likeness (QED) is 0.698. The largest absolute Gasteiger partial charge is 0.465 e. The van der Waals surface area contributed by atoms with Crippen molar-refractivity contribution in [3.63, 3.8) is 0 Å². The van der Waals surface area contributed by atoms with Crippen molar-refractivity contribution in [3.8, 4) is 0 Å². The molecule has 0 saturated carbocycles. The lowest BCUT2D eigenvalue weighted by Gasteiger charge is -2.04. The van der Waals surface area contributed by atoms with Crippen molar-refractivity contribution in [1.29, 1.82) is 0 Å². The summed E-state index contributed by atoms with van der Waals surface area (Å²) in [5, 5.41) is 2.79. The summed E-state index contributed by atoms with van der Waals surface area (Å²) in [5.41, 5.74) is 2.47. The molecule has 1 aliphatic heterocycles. The van der Waals surface area contributed by atoms with Crippen molar-refractivity contribution >= 4 is 23.6 Å². The number of benzene rings is 1. The Hall–Kier alpha value is -3.08. The van der Waals surface area contributed by atoms with E-state index in [0.29, 0.717) is 22.6 Å². The summed E-state index contributed by atoms with van der Waals surface area (Å²) in [6.07, 6.45) is 4.97. The molecule has 0 atom stereocenters. The Bertz CT molecular complexity index is 768. The zero-order valence-corrected chi connectivity index (χ0v) is 11.8. The normalized spacial score (nSPS) is 15.6. The Morgan fingerprint density at radius 3 is 2.64 bits per heavy atom. The third-order valence-electron chi connectivity index (χ3n) is 3.27. The first-order chi connectivity index (χ1) is 10.7. The Morgan fingerprint density at radius 1 is 1.23 bits per heavy atom. The van der Waals surface area contributed by atoms with Crippen molar-refractivity contribution < 1.29 is 18.7 Å². The van der Waals surface area contributed by atoms with Gasteiger partial charge in [0.1, 0.15) is 5.76 Å². The molecule has 0 spiro atoms. The number of amides is 1. The van der Waals surface area contributed by atoms with Crippen LogP contribution in [-0.2, 0) is 9.53 Å². The maximum atomic E-state index is 12.0. The second-order valence-corrected chi connectivity index (χ2v) is 4.70. The number of esters is 1. The van der Waals surface area contributed by atoms with Crippen molar-refractivity contribution in [2.45, 2.75) is 0 Å². The third kappa shape index (κ3) is 2.69. The van der Waals surface area contributed by atoms with Crippen LogP contribution in [0.1, 0.15) is 21.7 Å². The van der Waals surface area contributed by atoms with Crippen LogP contribution >= 0.6 is 0 Å². The molecule has 1 aromatic heterocycles. The maximum Gasteiger partial charge on any atom is 0.337 e. The maximum absolute atomic E-state index is 12.0. The van der Waals surface area contributed by atoms with Gasteiger partial charge in [-0.3, -0.25) is 4.79 Å². The van der Waals surface area contributed by atoms with E-state index in [4.69, 9.17) is 4.42 Å². The average Bonchev–Trinajstić information content (AvgIpc) is 3.18. The number of carbonyl (C=O) groups is 2. The van der Waals surface area contributed by atoms with Gasteiger partial charge >= 0.3 is 5.97 Å². The summed E-state index contributed by atoms with van der Waals surface area (Å²) < 4.78 is 9.85. The van der Waals surface area contributed by atoms with Crippen molar-refractivity contribution in [1.82, 2.24) is 5.32 Å². The van der Waals surface area contributed by atoms with Gasteiger partial charge in [-0.15, -0.1) is 0 Å². The zero-order chi connectivity index (χ0) is 15.5. The van der Waals surface area contributed by atoms with Crippen molar-refractivity contribution in [2.24, 2.45) is 0 Å². The molecule has 0 aliphatic carbocycles. The van der Waals surface area contributed by atoms with Crippen molar-refractivity contribution in [2.75, 3.05) is 7.11 Å². The Morgan fingerprint density at radius 2 is 2.00 bits per heavy atom. The van der Waals surface area contributed by atoms with E-state index in [-0.39, 0.29) is 5.91 Å². The van der Waals surface area contributed by atoms with Gasteiger partial charge in [-0.1, -0.05) is 12.1 Å². The lowest BCUT2D eigenvalue weighted by molar-refractivity contribution is -0.115. The van der Waals surface area contributed by atoms with E-state index in [1.54, 1.807) is 54.8 Å². The van der Waals surface area contributed by atoms with Gasteiger partial charge in [-0.25, -0.2) is 4.79 Å². The number of furan rings is 1. The molecule has 110 valence electrons. The van der Waals surface area contributed by atoms with E-state index < -0.39 is 5.97 Å². The fourth-order valence-electron chi connectivity index (χ4n) is 2.14. The van der Waals surface area contributed by atoms with E-state index >= 15 is 0 Å². The highest BCUT2D eigenvalue weighted by molar-refractivity contribution is 6.10. The average molecular weight is 295 g/mol. The molecule has 0 fully saturated rings. The van der Waals surface area contributed by atoms with Gasteiger partial charge < -0.3 is 14.5 Å². The Kier molecular flexibility index (Phi) is 3.62. The first kappa shape index (κ1) is 13.9. The minimum Gasteiger partial charge on any atom is -0.465 e. The van der Waals surface area contributed by atoms with Crippen LogP contribution < -0.4 is 5.32 Å². The van der Waals surface area contributed by atoms with Gasteiger partial charge in [0.2, 0.25) is 0 Å². The van der Waals surface area contributed by atoms with Gasteiger partial charge in [0, 0.05) is 11.3 Å². The summed E-state index contributed by atoms with van der Waals surface area (Å²) in [6, 6.07) is 10.4. The molecule has 2 aromatic rings. The number of hydrogen-bond donors (Lipinski definition) is 1. The molecule has 1 N–H and O–H groups in total. The SMILES string of the molecule is COC(=O)c1ccc(C2=CC(=Cc3ccco3)C(=O)N2)cc1. The van der Waals surface area contributed by atoms with Crippen LogP contribution in [0.15, 0.2) is 58.7 Å². The lowest BCUT2D eigenvalue weighted by atomic mass is 10.1. The number of methoxy groups -OCH3 is 1. The Balaban J connectivity index is 1.86.